The summed E-state index contributed by atoms with van der Waals surface area (Å²) in [5.41, 5.74) is 2.45. The van der Waals surface area contributed by atoms with Gasteiger partial charge in [0.25, 0.3) is 0 Å². The predicted molar refractivity (Wildman–Crippen MR) is 72.2 cm³/mol. The molecule has 4 heteroatoms. The Labute approximate surface area is 108 Å². The van der Waals surface area contributed by atoms with Crippen LogP contribution in [0.4, 0.5) is 0 Å². The van der Waals surface area contributed by atoms with Gasteiger partial charge in [0, 0.05) is 31.2 Å². The summed E-state index contributed by atoms with van der Waals surface area (Å²) in [5.74, 6) is 0. The molecule has 2 heterocycles. The monoisotopic (exact) mass is 244 g/mol. The van der Waals surface area contributed by atoms with E-state index in [-0.39, 0.29) is 0 Å². The van der Waals surface area contributed by atoms with E-state index >= 15 is 0 Å². The molecule has 18 heavy (non-hydrogen) atoms. The lowest BCUT2D eigenvalue weighted by molar-refractivity contribution is 0.365. The van der Waals surface area contributed by atoms with E-state index in [9.17, 15) is 0 Å². The van der Waals surface area contributed by atoms with E-state index in [1.54, 1.807) is 0 Å². The fourth-order valence-electron chi connectivity index (χ4n) is 1.83. The van der Waals surface area contributed by atoms with E-state index in [0.29, 0.717) is 12.1 Å². The Kier molecular flexibility index (Phi) is 4.10. The van der Waals surface area contributed by atoms with Gasteiger partial charge in [-0.15, -0.1) is 0 Å². The smallest absolute Gasteiger partial charge is 0.0641 e. The number of aromatic nitrogens is 3. The second-order valence-electron chi connectivity index (χ2n) is 4.76. The zero-order valence-electron chi connectivity index (χ0n) is 11.2. The topological polar surface area (TPSA) is 42.7 Å². The van der Waals surface area contributed by atoms with Crippen molar-refractivity contribution in [1.29, 1.82) is 0 Å². The summed E-state index contributed by atoms with van der Waals surface area (Å²) in [6.07, 6.45) is 7.62. The van der Waals surface area contributed by atoms with Crippen LogP contribution in [0.2, 0.25) is 0 Å². The van der Waals surface area contributed by atoms with Gasteiger partial charge in [0.2, 0.25) is 0 Å². The number of hydrogen-bond acceptors (Lipinski definition) is 3. The van der Waals surface area contributed by atoms with Gasteiger partial charge in [-0.3, -0.25) is 9.67 Å². The highest BCUT2D eigenvalue weighted by molar-refractivity contribution is 5.09. The van der Waals surface area contributed by atoms with E-state index in [1.807, 2.05) is 35.4 Å². The minimum atomic E-state index is 0.334. The van der Waals surface area contributed by atoms with Crippen LogP contribution in [0.15, 0.2) is 36.9 Å². The molecule has 0 aliphatic carbocycles. The van der Waals surface area contributed by atoms with E-state index in [4.69, 9.17) is 0 Å². The van der Waals surface area contributed by atoms with Gasteiger partial charge in [-0.1, -0.05) is 0 Å². The van der Waals surface area contributed by atoms with Crippen molar-refractivity contribution in [2.75, 3.05) is 0 Å². The lowest BCUT2D eigenvalue weighted by Crippen LogP contribution is -2.33. The van der Waals surface area contributed by atoms with Crippen molar-refractivity contribution < 1.29 is 0 Å². The summed E-state index contributed by atoms with van der Waals surface area (Å²) in [6.45, 7) is 7.28. The quantitative estimate of drug-likeness (QED) is 0.877. The van der Waals surface area contributed by atoms with Crippen LogP contribution in [0, 0.1) is 6.92 Å². The third kappa shape index (κ3) is 3.17. The minimum Gasteiger partial charge on any atom is -0.308 e. The van der Waals surface area contributed by atoms with Crippen LogP contribution in [0.25, 0.3) is 0 Å². The molecule has 2 aromatic rings. The first kappa shape index (κ1) is 12.8. The highest BCUT2D eigenvalue weighted by Crippen LogP contribution is 2.11. The molecule has 0 saturated heterocycles. The highest BCUT2D eigenvalue weighted by atomic mass is 15.3. The number of aryl methyl sites for hydroxylation is 1. The SMILES string of the molecule is Cc1cnn([C@@H](C)[C@@H](C)NCc2ccncc2)c1. The fourth-order valence-corrected chi connectivity index (χ4v) is 1.83. The third-order valence-electron chi connectivity index (χ3n) is 3.25. The highest BCUT2D eigenvalue weighted by Gasteiger charge is 2.13. The van der Waals surface area contributed by atoms with E-state index < -0.39 is 0 Å². The summed E-state index contributed by atoms with van der Waals surface area (Å²) in [4.78, 5) is 4.02. The molecule has 0 saturated carbocycles. The molecule has 0 amide bonds. The van der Waals surface area contributed by atoms with E-state index in [2.05, 4.69) is 42.4 Å². The van der Waals surface area contributed by atoms with Crippen LogP contribution in [0.3, 0.4) is 0 Å². The van der Waals surface area contributed by atoms with Crippen LogP contribution in [0.1, 0.15) is 31.0 Å². The van der Waals surface area contributed by atoms with Gasteiger partial charge < -0.3 is 5.32 Å². The van der Waals surface area contributed by atoms with E-state index in [0.717, 1.165) is 6.54 Å². The van der Waals surface area contributed by atoms with Gasteiger partial charge in [0.15, 0.2) is 0 Å². The molecule has 0 aliphatic heterocycles. The predicted octanol–water partition coefficient (Wildman–Crippen LogP) is 2.33. The molecule has 0 bridgehead atoms. The molecule has 4 nitrogen and oxygen atoms in total. The average molecular weight is 244 g/mol. The van der Waals surface area contributed by atoms with Crippen LogP contribution in [-0.4, -0.2) is 20.8 Å². The van der Waals surface area contributed by atoms with Crippen molar-refractivity contribution >= 4 is 0 Å². The minimum absolute atomic E-state index is 0.334. The number of pyridine rings is 1. The Morgan fingerprint density at radius 3 is 2.61 bits per heavy atom. The number of nitrogens with one attached hydrogen (secondary N) is 1. The maximum atomic E-state index is 4.36. The number of nitrogens with zero attached hydrogens (tertiary/aromatic N) is 3. The first-order chi connectivity index (χ1) is 8.66. The Hall–Kier alpha value is -1.68. The molecule has 0 fully saturated rings. The lowest BCUT2D eigenvalue weighted by Gasteiger charge is -2.21. The third-order valence-corrected chi connectivity index (χ3v) is 3.25. The van der Waals surface area contributed by atoms with Crippen LogP contribution >= 0.6 is 0 Å². The summed E-state index contributed by atoms with van der Waals surface area (Å²) < 4.78 is 2.01. The van der Waals surface area contributed by atoms with Crippen molar-refractivity contribution in [3.05, 3.63) is 48.0 Å². The maximum Gasteiger partial charge on any atom is 0.0641 e. The largest absolute Gasteiger partial charge is 0.308 e. The Bertz CT molecular complexity index is 478. The van der Waals surface area contributed by atoms with Gasteiger partial charge >= 0.3 is 0 Å². The Morgan fingerprint density at radius 1 is 1.28 bits per heavy atom. The molecule has 96 valence electrons. The summed E-state index contributed by atoms with van der Waals surface area (Å²) in [7, 11) is 0. The van der Waals surface area contributed by atoms with Crippen LogP contribution < -0.4 is 5.32 Å². The first-order valence-electron chi connectivity index (χ1n) is 6.30. The van der Waals surface area contributed by atoms with Gasteiger partial charge in [0.1, 0.15) is 0 Å². The Balaban J connectivity index is 1.90. The fraction of sp³-hybridized carbons (Fsp3) is 0.429. The molecule has 2 rings (SSSR count). The molecule has 0 spiro atoms. The van der Waals surface area contributed by atoms with Crippen molar-refractivity contribution in [3.8, 4) is 0 Å². The van der Waals surface area contributed by atoms with Gasteiger partial charge in [-0.2, -0.15) is 5.10 Å². The van der Waals surface area contributed by atoms with Gasteiger partial charge in [-0.25, -0.2) is 0 Å². The standard InChI is InChI=1S/C14H20N4/c1-11-8-17-18(10-11)13(3)12(2)16-9-14-4-6-15-7-5-14/h4-8,10,12-13,16H,9H2,1-3H3/t12-,13+/m1/s1. The molecule has 1 N–H and O–H groups in total. The summed E-state index contributed by atoms with van der Waals surface area (Å²) in [6, 6.07) is 4.75. The van der Waals surface area contributed by atoms with Crippen molar-refractivity contribution in [2.45, 2.75) is 39.4 Å². The molecule has 2 atom stereocenters. The van der Waals surface area contributed by atoms with Crippen molar-refractivity contribution in [2.24, 2.45) is 0 Å². The van der Waals surface area contributed by atoms with Gasteiger partial charge in [0.05, 0.1) is 12.2 Å². The Morgan fingerprint density at radius 2 is 2.00 bits per heavy atom. The van der Waals surface area contributed by atoms with E-state index in [1.165, 1.54) is 11.1 Å². The summed E-state index contributed by atoms with van der Waals surface area (Å²) in [5, 5.41) is 7.88. The molecule has 0 radical (unpaired) electrons. The van der Waals surface area contributed by atoms with Crippen molar-refractivity contribution in [1.82, 2.24) is 20.1 Å². The normalized spacial score (nSPS) is 14.4. The molecular weight excluding hydrogens is 224 g/mol. The van der Waals surface area contributed by atoms with Crippen LogP contribution in [0.5, 0.6) is 0 Å². The maximum absolute atomic E-state index is 4.36. The molecule has 0 aliphatic rings. The average Bonchev–Trinajstić information content (AvgIpc) is 2.83. The zero-order valence-corrected chi connectivity index (χ0v) is 11.2. The molecule has 0 aromatic carbocycles. The second kappa shape index (κ2) is 5.78. The molecule has 0 unspecified atom stereocenters. The van der Waals surface area contributed by atoms with Gasteiger partial charge in [-0.05, 0) is 44.0 Å². The van der Waals surface area contributed by atoms with Crippen molar-refractivity contribution in [3.63, 3.8) is 0 Å². The van der Waals surface area contributed by atoms with Crippen LogP contribution in [-0.2, 0) is 6.54 Å². The first-order valence-corrected chi connectivity index (χ1v) is 6.30. The summed E-state index contributed by atoms with van der Waals surface area (Å²) >= 11 is 0. The molecule has 2 aromatic heterocycles. The molecular formula is C14H20N4. The number of hydrogen-bond donors (Lipinski definition) is 1. The number of rotatable bonds is 5. The zero-order chi connectivity index (χ0) is 13.0. The lowest BCUT2D eigenvalue weighted by atomic mass is 10.1. The second-order valence-corrected chi connectivity index (χ2v) is 4.76.